The van der Waals surface area contributed by atoms with Gasteiger partial charge in [0.05, 0.1) is 22.1 Å². The number of hydrogen-bond acceptors (Lipinski definition) is 1. The number of nitrogens with zero attached hydrogens (tertiary/aromatic N) is 2. The number of fused-ring (bicyclic) bond motifs is 8. The molecule has 11 aromatic carbocycles. The van der Waals surface area contributed by atoms with Crippen LogP contribution in [0.4, 0.5) is 17.1 Å². The molecule has 0 bridgehead atoms. The molecule has 67 heavy (non-hydrogen) atoms. The number of para-hydroxylation sites is 2. The summed E-state index contributed by atoms with van der Waals surface area (Å²) in [5, 5.41) is 4.79. The second-order valence-electron chi connectivity index (χ2n) is 17.6. The molecule has 0 fully saturated rings. The van der Waals surface area contributed by atoms with Gasteiger partial charge in [0, 0.05) is 33.2 Å². The fraction of sp³-hybridized carbons (Fsp3) is 0.0154. The van der Waals surface area contributed by atoms with E-state index in [1.807, 2.05) is 0 Å². The average Bonchev–Trinajstić information content (AvgIpc) is 3.92. The van der Waals surface area contributed by atoms with Crippen molar-refractivity contribution in [2.75, 3.05) is 4.90 Å². The third-order valence-corrected chi connectivity index (χ3v) is 14.0. The van der Waals surface area contributed by atoms with Crippen molar-refractivity contribution in [1.29, 1.82) is 0 Å². The maximum absolute atomic E-state index is 2.48. The lowest BCUT2D eigenvalue weighted by atomic mass is 9.68. The Morgan fingerprint density at radius 3 is 1.51 bits per heavy atom. The molecule has 0 N–H and O–H groups in total. The zero-order valence-electron chi connectivity index (χ0n) is 36.8. The summed E-state index contributed by atoms with van der Waals surface area (Å²) in [6.07, 6.45) is 0. The molecule has 1 aliphatic carbocycles. The van der Waals surface area contributed by atoms with E-state index in [2.05, 4.69) is 276 Å². The Hall–Kier alpha value is -8.72. The molecule has 0 aliphatic heterocycles. The maximum Gasteiger partial charge on any atom is 0.0713 e. The van der Waals surface area contributed by atoms with Crippen LogP contribution in [0.5, 0.6) is 0 Å². The molecule has 0 atom stereocenters. The van der Waals surface area contributed by atoms with E-state index in [9.17, 15) is 0 Å². The average molecular weight is 853 g/mol. The van der Waals surface area contributed by atoms with Crippen LogP contribution in [0.15, 0.2) is 267 Å². The van der Waals surface area contributed by atoms with Gasteiger partial charge in [-0.3, -0.25) is 0 Å². The first kappa shape index (κ1) is 38.7. The van der Waals surface area contributed by atoms with E-state index in [4.69, 9.17) is 0 Å². The molecule has 0 saturated heterocycles. The van der Waals surface area contributed by atoms with Gasteiger partial charge in [-0.05, 0) is 116 Å². The van der Waals surface area contributed by atoms with Crippen LogP contribution in [-0.2, 0) is 5.41 Å². The molecule has 2 heteroatoms. The van der Waals surface area contributed by atoms with Crippen LogP contribution in [0, 0.1) is 0 Å². The van der Waals surface area contributed by atoms with E-state index in [-0.39, 0.29) is 0 Å². The smallest absolute Gasteiger partial charge is 0.0713 e. The van der Waals surface area contributed by atoms with Crippen LogP contribution in [0.3, 0.4) is 0 Å². The van der Waals surface area contributed by atoms with Crippen molar-refractivity contribution in [3.63, 3.8) is 0 Å². The third-order valence-electron chi connectivity index (χ3n) is 14.0. The number of hydrogen-bond donors (Lipinski definition) is 0. The summed E-state index contributed by atoms with van der Waals surface area (Å²) in [4.78, 5) is 2.47. The van der Waals surface area contributed by atoms with Crippen molar-refractivity contribution >= 4 is 49.6 Å². The van der Waals surface area contributed by atoms with Crippen molar-refractivity contribution in [3.05, 3.63) is 289 Å². The molecule has 12 aromatic rings. The Labute approximate surface area is 390 Å². The topological polar surface area (TPSA) is 8.17 Å². The molecule has 0 spiro atoms. The first-order chi connectivity index (χ1) is 33.3. The highest BCUT2D eigenvalue weighted by Gasteiger charge is 2.45. The summed E-state index contributed by atoms with van der Waals surface area (Å²) in [6.45, 7) is 0. The van der Waals surface area contributed by atoms with Crippen LogP contribution in [0.1, 0.15) is 22.3 Å². The van der Waals surface area contributed by atoms with E-state index in [0.29, 0.717) is 0 Å². The Balaban J connectivity index is 1.06. The van der Waals surface area contributed by atoms with Crippen molar-refractivity contribution < 1.29 is 0 Å². The number of benzene rings is 11. The summed E-state index contributed by atoms with van der Waals surface area (Å²) in [6, 6.07) is 98.1. The summed E-state index contributed by atoms with van der Waals surface area (Å²) in [7, 11) is 0. The van der Waals surface area contributed by atoms with Crippen molar-refractivity contribution in [2.45, 2.75) is 5.41 Å². The van der Waals surface area contributed by atoms with Gasteiger partial charge in [0.2, 0.25) is 0 Å². The van der Waals surface area contributed by atoms with E-state index in [0.717, 1.165) is 28.3 Å². The lowest BCUT2D eigenvalue weighted by Crippen LogP contribution is -2.28. The maximum atomic E-state index is 2.48. The van der Waals surface area contributed by atoms with Gasteiger partial charge in [-0.1, -0.05) is 212 Å². The van der Waals surface area contributed by atoms with Crippen molar-refractivity contribution in [2.24, 2.45) is 0 Å². The van der Waals surface area contributed by atoms with Gasteiger partial charge < -0.3 is 9.47 Å². The fourth-order valence-electron chi connectivity index (χ4n) is 11.1. The van der Waals surface area contributed by atoms with E-state index in [1.54, 1.807) is 0 Å². The molecule has 2 nitrogen and oxygen atoms in total. The van der Waals surface area contributed by atoms with Gasteiger partial charge in [-0.15, -0.1) is 0 Å². The Kier molecular flexibility index (Phi) is 9.11. The SMILES string of the molecule is c1ccc(-c2ccc(-c3ccc4c(c3)c3c(N(c5ccccc5)c5ccc(C6(c7ccccc7)c7ccccc7-c7ccccc76)cc5)cc5ccccc5c3n4-c3ccccc3)cc2)cc1. The van der Waals surface area contributed by atoms with Crippen LogP contribution in [0.25, 0.3) is 71.6 Å². The summed E-state index contributed by atoms with van der Waals surface area (Å²) in [5.74, 6) is 0. The number of aromatic nitrogens is 1. The minimum Gasteiger partial charge on any atom is -0.310 e. The second kappa shape index (κ2) is 15.8. The predicted octanol–water partition coefficient (Wildman–Crippen LogP) is 17.1. The molecule has 1 heterocycles. The lowest BCUT2D eigenvalue weighted by Gasteiger charge is -2.34. The molecular formula is C65H44N2. The van der Waals surface area contributed by atoms with Gasteiger partial charge >= 0.3 is 0 Å². The molecule has 0 saturated carbocycles. The van der Waals surface area contributed by atoms with Gasteiger partial charge in [0.15, 0.2) is 0 Å². The van der Waals surface area contributed by atoms with E-state index in [1.165, 1.54) is 82.7 Å². The fourth-order valence-corrected chi connectivity index (χ4v) is 11.1. The Morgan fingerprint density at radius 2 is 0.836 bits per heavy atom. The highest BCUT2D eigenvalue weighted by molar-refractivity contribution is 6.25. The highest BCUT2D eigenvalue weighted by Crippen LogP contribution is 2.56. The highest BCUT2D eigenvalue weighted by atomic mass is 15.1. The van der Waals surface area contributed by atoms with Gasteiger partial charge in [-0.25, -0.2) is 0 Å². The normalized spacial score (nSPS) is 12.6. The van der Waals surface area contributed by atoms with E-state index < -0.39 is 5.41 Å². The lowest BCUT2D eigenvalue weighted by molar-refractivity contribution is 0.768. The van der Waals surface area contributed by atoms with Crippen LogP contribution in [-0.4, -0.2) is 4.57 Å². The molecule has 1 aliphatic rings. The Morgan fingerprint density at radius 1 is 0.343 bits per heavy atom. The van der Waals surface area contributed by atoms with Crippen LogP contribution < -0.4 is 4.90 Å². The predicted molar refractivity (Wildman–Crippen MR) is 281 cm³/mol. The minimum absolute atomic E-state index is 0.487. The van der Waals surface area contributed by atoms with Crippen molar-refractivity contribution in [3.8, 4) is 39.1 Å². The molecule has 0 radical (unpaired) electrons. The standard InChI is InChI=1S/C65H44N2/c1-5-19-45(20-6-1)46-33-35-47(36-34-46)48-37-42-61-58(43-48)63-62(44-49-21-13-14-28-55(49)64(63)67(61)53-26-11-4-12-27-53)66(52-24-9-3-10-25-52)54-40-38-51(39-41-54)65(50-22-7-2-8-23-50)59-31-17-15-29-56(59)57-30-16-18-32-60(57)65/h1-44H. The quantitative estimate of drug-likeness (QED) is 0.148. The molecule has 0 amide bonds. The second-order valence-corrected chi connectivity index (χ2v) is 17.6. The first-order valence-electron chi connectivity index (χ1n) is 23.2. The molecule has 314 valence electrons. The molecular weight excluding hydrogens is 809 g/mol. The monoisotopic (exact) mass is 852 g/mol. The Bertz CT molecular complexity index is 3720. The zero-order chi connectivity index (χ0) is 44.3. The summed E-state index contributed by atoms with van der Waals surface area (Å²) >= 11 is 0. The largest absolute Gasteiger partial charge is 0.310 e. The van der Waals surface area contributed by atoms with Crippen LogP contribution >= 0.6 is 0 Å². The zero-order valence-corrected chi connectivity index (χ0v) is 36.8. The van der Waals surface area contributed by atoms with E-state index >= 15 is 0 Å². The number of rotatable bonds is 8. The van der Waals surface area contributed by atoms with Crippen LogP contribution in [0.2, 0.25) is 0 Å². The van der Waals surface area contributed by atoms with Gasteiger partial charge in [0.1, 0.15) is 0 Å². The summed E-state index contributed by atoms with van der Waals surface area (Å²) in [5.41, 5.74) is 18.8. The third kappa shape index (κ3) is 6.11. The van der Waals surface area contributed by atoms with Gasteiger partial charge in [-0.2, -0.15) is 0 Å². The van der Waals surface area contributed by atoms with Gasteiger partial charge in [0.25, 0.3) is 0 Å². The summed E-state index contributed by atoms with van der Waals surface area (Å²) < 4.78 is 2.48. The molecule has 13 rings (SSSR count). The molecule has 0 unspecified atom stereocenters. The van der Waals surface area contributed by atoms with Crippen molar-refractivity contribution in [1.82, 2.24) is 4.57 Å². The number of anilines is 3. The first-order valence-corrected chi connectivity index (χ1v) is 23.2. The minimum atomic E-state index is -0.487. The molecule has 1 aromatic heterocycles.